The molecule has 78 valence electrons. The van der Waals surface area contributed by atoms with Crippen LogP contribution in [0.15, 0.2) is 24.3 Å². The Bertz CT molecular complexity index is 256. The Morgan fingerprint density at radius 3 is 2.50 bits per heavy atom. The second-order valence-electron chi connectivity index (χ2n) is 3.48. The van der Waals surface area contributed by atoms with Gasteiger partial charge in [0, 0.05) is 6.54 Å². The topological polar surface area (TPSA) is 52.5 Å². The van der Waals surface area contributed by atoms with Gasteiger partial charge in [0.1, 0.15) is 5.75 Å². The van der Waals surface area contributed by atoms with Gasteiger partial charge in [-0.05, 0) is 37.6 Å². The van der Waals surface area contributed by atoms with Crippen molar-refractivity contribution in [2.24, 2.45) is 0 Å². The van der Waals surface area contributed by atoms with Crippen LogP contribution in [0.1, 0.15) is 18.9 Å². The average molecular weight is 195 g/mol. The summed E-state index contributed by atoms with van der Waals surface area (Å²) in [6.45, 7) is 3.35. The molecule has 0 radical (unpaired) electrons. The van der Waals surface area contributed by atoms with E-state index in [1.165, 1.54) is 0 Å². The minimum Gasteiger partial charge on any atom is -0.508 e. The normalized spacial score (nSPS) is 12.7. The summed E-state index contributed by atoms with van der Waals surface area (Å²) in [7, 11) is 0. The molecule has 0 fully saturated rings. The van der Waals surface area contributed by atoms with Crippen LogP contribution in [0, 0.1) is 0 Å². The Kier molecular flexibility index (Phi) is 4.43. The van der Waals surface area contributed by atoms with E-state index in [1.54, 1.807) is 19.1 Å². The van der Waals surface area contributed by atoms with E-state index < -0.39 is 0 Å². The van der Waals surface area contributed by atoms with E-state index in [2.05, 4.69) is 5.32 Å². The lowest BCUT2D eigenvalue weighted by Crippen LogP contribution is -2.18. The Labute approximate surface area is 84.4 Å². The molecule has 0 heterocycles. The lowest BCUT2D eigenvalue weighted by molar-refractivity contribution is 0.183. The predicted molar refractivity (Wildman–Crippen MR) is 56.1 cm³/mol. The highest BCUT2D eigenvalue weighted by atomic mass is 16.3. The molecule has 14 heavy (non-hydrogen) atoms. The van der Waals surface area contributed by atoms with Crippen LogP contribution in [0.3, 0.4) is 0 Å². The molecule has 1 rings (SSSR count). The standard InChI is InChI=1S/C11H17NO2/c1-9(13)6-7-12-8-10-2-4-11(14)5-3-10/h2-5,9,12-14H,6-8H2,1H3. The van der Waals surface area contributed by atoms with E-state index in [-0.39, 0.29) is 11.9 Å². The highest BCUT2D eigenvalue weighted by Gasteiger charge is 1.95. The van der Waals surface area contributed by atoms with Crippen LogP contribution < -0.4 is 5.32 Å². The molecule has 3 heteroatoms. The molecule has 0 amide bonds. The molecule has 1 aromatic carbocycles. The van der Waals surface area contributed by atoms with Crippen molar-refractivity contribution in [2.75, 3.05) is 6.54 Å². The van der Waals surface area contributed by atoms with Gasteiger partial charge in [-0.25, -0.2) is 0 Å². The van der Waals surface area contributed by atoms with Crippen LogP contribution in [-0.2, 0) is 6.54 Å². The van der Waals surface area contributed by atoms with Crippen molar-refractivity contribution in [1.29, 1.82) is 0 Å². The summed E-state index contributed by atoms with van der Waals surface area (Å²) >= 11 is 0. The number of phenolic OH excluding ortho intramolecular Hbond substituents is 1. The zero-order chi connectivity index (χ0) is 10.4. The second-order valence-corrected chi connectivity index (χ2v) is 3.48. The van der Waals surface area contributed by atoms with Crippen LogP contribution >= 0.6 is 0 Å². The number of rotatable bonds is 5. The fourth-order valence-corrected chi connectivity index (χ4v) is 1.16. The van der Waals surface area contributed by atoms with Crippen molar-refractivity contribution >= 4 is 0 Å². The van der Waals surface area contributed by atoms with Gasteiger partial charge >= 0.3 is 0 Å². The maximum atomic E-state index is 9.05. The van der Waals surface area contributed by atoms with E-state index in [9.17, 15) is 0 Å². The van der Waals surface area contributed by atoms with Gasteiger partial charge in [-0.3, -0.25) is 0 Å². The third-order valence-corrected chi connectivity index (χ3v) is 2.00. The zero-order valence-corrected chi connectivity index (χ0v) is 8.40. The molecule has 0 aliphatic rings. The number of aliphatic hydroxyl groups is 1. The van der Waals surface area contributed by atoms with Crippen molar-refractivity contribution < 1.29 is 10.2 Å². The largest absolute Gasteiger partial charge is 0.508 e. The molecule has 0 aliphatic carbocycles. The van der Waals surface area contributed by atoms with E-state index in [0.29, 0.717) is 0 Å². The Morgan fingerprint density at radius 2 is 1.93 bits per heavy atom. The summed E-state index contributed by atoms with van der Waals surface area (Å²) in [6.07, 6.45) is 0.514. The van der Waals surface area contributed by atoms with Gasteiger partial charge in [-0.2, -0.15) is 0 Å². The van der Waals surface area contributed by atoms with Crippen molar-refractivity contribution in [3.63, 3.8) is 0 Å². The highest BCUT2D eigenvalue weighted by Crippen LogP contribution is 2.08. The van der Waals surface area contributed by atoms with E-state index in [1.807, 2.05) is 12.1 Å². The van der Waals surface area contributed by atoms with Gasteiger partial charge in [0.25, 0.3) is 0 Å². The highest BCUT2D eigenvalue weighted by molar-refractivity contribution is 5.25. The van der Waals surface area contributed by atoms with Crippen molar-refractivity contribution in [3.05, 3.63) is 29.8 Å². The number of nitrogens with one attached hydrogen (secondary N) is 1. The number of benzene rings is 1. The summed E-state index contributed by atoms with van der Waals surface area (Å²) in [6, 6.07) is 7.10. The average Bonchev–Trinajstić information content (AvgIpc) is 2.15. The minimum atomic E-state index is -0.248. The molecule has 0 bridgehead atoms. The van der Waals surface area contributed by atoms with Crippen LogP contribution in [0.5, 0.6) is 5.75 Å². The molecule has 3 N–H and O–H groups in total. The molecule has 0 spiro atoms. The van der Waals surface area contributed by atoms with Gasteiger partial charge in [0.15, 0.2) is 0 Å². The van der Waals surface area contributed by atoms with Crippen molar-refractivity contribution in [3.8, 4) is 5.75 Å². The summed E-state index contributed by atoms with van der Waals surface area (Å²) in [5.74, 6) is 0.290. The van der Waals surface area contributed by atoms with Crippen LogP contribution in [0.25, 0.3) is 0 Å². The van der Waals surface area contributed by atoms with E-state index in [0.717, 1.165) is 25.1 Å². The molecule has 0 saturated heterocycles. The summed E-state index contributed by atoms with van der Waals surface area (Å²) in [5.41, 5.74) is 1.13. The molecule has 3 nitrogen and oxygen atoms in total. The molecule has 0 aliphatic heterocycles. The predicted octanol–water partition coefficient (Wildman–Crippen LogP) is 1.25. The van der Waals surface area contributed by atoms with Gasteiger partial charge in [0.2, 0.25) is 0 Å². The Balaban J connectivity index is 2.21. The van der Waals surface area contributed by atoms with Crippen LogP contribution in [0.2, 0.25) is 0 Å². The lowest BCUT2D eigenvalue weighted by atomic mass is 10.2. The van der Waals surface area contributed by atoms with Crippen LogP contribution in [-0.4, -0.2) is 22.9 Å². The molecular weight excluding hydrogens is 178 g/mol. The maximum absolute atomic E-state index is 9.05. The molecule has 0 aromatic heterocycles. The SMILES string of the molecule is CC(O)CCNCc1ccc(O)cc1. The van der Waals surface area contributed by atoms with E-state index in [4.69, 9.17) is 10.2 Å². The number of hydrogen-bond acceptors (Lipinski definition) is 3. The first kappa shape index (κ1) is 11.0. The summed E-state index contributed by atoms with van der Waals surface area (Å²) in [5, 5.41) is 21.3. The molecule has 1 atom stereocenters. The maximum Gasteiger partial charge on any atom is 0.115 e. The van der Waals surface area contributed by atoms with Gasteiger partial charge in [-0.1, -0.05) is 12.1 Å². The third kappa shape index (κ3) is 4.25. The Hall–Kier alpha value is -1.06. The zero-order valence-electron chi connectivity index (χ0n) is 8.40. The van der Waals surface area contributed by atoms with Gasteiger partial charge in [0.05, 0.1) is 6.10 Å². The molecule has 0 saturated carbocycles. The summed E-state index contributed by atoms with van der Waals surface area (Å²) < 4.78 is 0. The van der Waals surface area contributed by atoms with Crippen molar-refractivity contribution in [1.82, 2.24) is 5.32 Å². The summed E-state index contributed by atoms with van der Waals surface area (Å²) in [4.78, 5) is 0. The number of hydrogen-bond donors (Lipinski definition) is 3. The first-order valence-electron chi connectivity index (χ1n) is 4.85. The van der Waals surface area contributed by atoms with Crippen LogP contribution in [0.4, 0.5) is 0 Å². The Morgan fingerprint density at radius 1 is 1.29 bits per heavy atom. The first-order chi connectivity index (χ1) is 6.68. The van der Waals surface area contributed by atoms with Crippen molar-refractivity contribution in [2.45, 2.75) is 26.0 Å². The second kappa shape index (κ2) is 5.62. The first-order valence-corrected chi connectivity index (χ1v) is 4.85. The lowest BCUT2D eigenvalue weighted by Gasteiger charge is -2.06. The van der Waals surface area contributed by atoms with Gasteiger partial charge < -0.3 is 15.5 Å². The smallest absolute Gasteiger partial charge is 0.115 e. The monoisotopic (exact) mass is 195 g/mol. The third-order valence-electron chi connectivity index (χ3n) is 2.00. The number of aromatic hydroxyl groups is 1. The van der Waals surface area contributed by atoms with Gasteiger partial charge in [-0.15, -0.1) is 0 Å². The minimum absolute atomic E-state index is 0.248. The molecular formula is C11H17NO2. The van der Waals surface area contributed by atoms with E-state index >= 15 is 0 Å². The number of aliphatic hydroxyl groups excluding tert-OH is 1. The molecule has 1 aromatic rings. The molecule has 1 unspecified atom stereocenters. The fourth-order valence-electron chi connectivity index (χ4n) is 1.16. The quantitative estimate of drug-likeness (QED) is 0.620. The fraction of sp³-hybridized carbons (Fsp3) is 0.455. The number of phenols is 1.